The van der Waals surface area contributed by atoms with Gasteiger partial charge in [0.1, 0.15) is 11.8 Å². The SMILES string of the molecule is O=C(CCCCCCCCCCCBr)CC(=O)N[C@H]1CCOC1=O. The number of halogens is 1. The predicted octanol–water partition coefficient (Wildman–Crippen LogP) is 3.67. The molecule has 0 aliphatic carbocycles. The summed E-state index contributed by atoms with van der Waals surface area (Å²) in [7, 11) is 0. The highest BCUT2D eigenvalue weighted by molar-refractivity contribution is 9.09. The summed E-state index contributed by atoms with van der Waals surface area (Å²) in [6.45, 7) is 0.342. The largest absolute Gasteiger partial charge is 0.464 e. The van der Waals surface area contributed by atoms with Gasteiger partial charge in [-0.25, -0.2) is 4.79 Å². The molecule has 5 nitrogen and oxygen atoms in total. The van der Waals surface area contributed by atoms with Gasteiger partial charge in [0.25, 0.3) is 0 Å². The second-order valence-electron chi connectivity index (χ2n) is 6.41. The minimum atomic E-state index is -0.570. The lowest BCUT2D eigenvalue weighted by Crippen LogP contribution is -2.38. The maximum atomic E-state index is 11.8. The number of esters is 1. The van der Waals surface area contributed by atoms with E-state index < -0.39 is 12.0 Å². The predicted molar refractivity (Wildman–Crippen MR) is 97.1 cm³/mol. The van der Waals surface area contributed by atoms with E-state index in [1.807, 2.05) is 0 Å². The molecule has 138 valence electrons. The van der Waals surface area contributed by atoms with E-state index in [2.05, 4.69) is 21.2 Å². The molecule has 0 radical (unpaired) electrons. The minimum Gasteiger partial charge on any atom is -0.464 e. The number of unbranched alkanes of at least 4 members (excludes halogenated alkanes) is 8. The van der Waals surface area contributed by atoms with Crippen LogP contribution in [0.5, 0.6) is 0 Å². The van der Waals surface area contributed by atoms with Crippen LogP contribution in [-0.4, -0.2) is 35.6 Å². The average Bonchev–Trinajstić information content (AvgIpc) is 2.94. The molecule has 1 aliphatic heterocycles. The number of rotatable bonds is 14. The number of nitrogens with one attached hydrogen (secondary N) is 1. The van der Waals surface area contributed by atoms with Gasteiger partial charge in [0.2, 0.25) is 5.91 Å². The van der Waals surface area contributed by atoms with E-state index in [9.17, 15) is 14.4 Å². The van der Waals surface area contributed by atoms with Crippen LogP contribution >= 0.6 is 15.9 Å². The second-order valence-corrected chi connectivity index (χ2v) is 7.21. The smallest absolute Gasteiger partial charge is 0.328 e. The Kier molecular flexibility index (Phi) is 11.8. The van der Waals surface area contributed by atoms with E-state index in [4.69, 9.17) is 4.74 Å². The number of ketones is 1. The lowest BCUT2D eigenvalue weighted by molar-refractivity contribution is -0.142. The lowest BCUT2D eigenvalue weighted by Gasteiger charge is -2.08. The van der Waals surface area contributed by atoms with Crippen molar-refractivity contribution in [1.29, 1.82) is 0 Å². The summed E-state index contributed by atoms with van der Waals surface area (Å²) in [6, 6.07) is -0.570. The fourth-order valence-electron chi connectivity index (χ4n) is 2.79. The topological polar surface area (TPSA) is 72.5 Å². The maximum Gasteiger partial charge on any atom is 0.328 e. The molecule has 0 spiro atoms. The molecule has 1 heterocycles. The van der Waals surface area contributed by atoms with Gasteiger partial charge in [-0.3, -0.25) is 9.59 Å². The molecule has 1 fully saturated rings. The van der Waals surface area contributed by atoms with Crippen LogP contribution < -0.4 is 5.32 Å². The third-order valence-corrected chi connectivity index (χ3v) is 4.78. The summed E-state index contributed by atoms with van der Waals surface area (Å²) in [4.78, 5) is 34.7. The van der Waals surface area contributed by atoms with Gasteiger partial charge in [-0.05, 0) is 12.8 Å². The third-order valence-electron chi connectivity index (χ3n) is 4.22. The zero-order chi connectivity index (χ0) is 17.6. The van der Waals surface area contributed by atoms with Crippen LogP contribution in [0, 0.1) is 0 Å². The quantitative estimate of drug-likeness (QED) is 0.208. The standard InChI is InChI=1S/C18H30BrNO4/c19-12-9-7-5-3-1-2-4-6-8-10-15(21)14-17(22)20-16-11-13-24-18(16)23/h16H,1-14H2,(H,20,22)/t16-/m0/s1. The van der Waals surface area contributed by atoms with Crippen LogP contribution in [0.4, 0.5) is 0 Å². The molecule has 0 bridgehead atoms. The monoisotopic (exact) mass is 403 g/mol. The van der Waals surface area contributed by atoms with Crippen molar-refractivity contribution in [2.75, 3.05) is 11.9 Å². The molecule has 1 rings (SSSR count). The Balaban J connectivity index is 1.92. The summed E-state index contributed by atoms with van der Waals surface area (Å²) in [5.41, 5.74) is 0. The van der Waals surface area contributed by atoms with Crippen molar-refractivity contribution in [2.45, 2.75) is 83.1 Å². The molecule has 0 aromatic rings. The summed E-state index contributed by atoms with van der Waals surface area (Å²) in [5, 5.41) is 3.66. The Bertz CT molecular complexity index is 400. The first-order valence-electron chi connectivity index (χ1n) is 9.17. The van der Waals surface area contributed by atoms with Crippen LogP contribution in [0.2, 0.25) is 0 Å². The molecule has 0 saturated carbocycles. The molecule has 0 aromatic heterocycles. The first kappa shape index (κ1) is 21.1. The van der Waals surface area contributed by atoms with Gasteiger partial charge in [-0.15, -0.1) is 0 Å². The Hall–Kier alpha value is -0.910. The number of ether oxygens (including phenoxy) is 1. The van der Waals surface area contributed by atoms with Crippen LogP contribution in [0.25, 0.3) is 0 Å². The van der Waals surface area contributed by atoms with E-state index in [1.165, 1.54) is 38.5 Å². The summed E-state index contributed by atoms with van der Waals surface area (Å²) in [6.07, 6.45) is 11.6. The van der Waals surface area contributed by atoms with E-state index in [0.29, 0.717) is 19.4 Å². The zero-order valence-corrected chi connectivity index (χ0v) is 16.1. The van der Waals surface area contributed by atoms with Crippen LogP contribution in [0.1, 0.15) is 77.0 Å². The third kappa shape index (κ3) is 10.1. The Labute approximate surface area is 153 Å². The lowest BCUT2D eigenvalue weighted by atomic mass is 10.0. The molecule has 1 amide bonds. The Morgan fingerprint density at radius 2 is 1.58 bits per heavy atom. The van der Waals surface area contributed by atoms with Crippen LogP contribution in [-0.2, 0) is 19.1 Å². The van der Waals surface area contributed by atoms with Crippen molar-refractivity contribution >= 4 is 33.6 Å². The molecule has 1 aliphatic rings. The number of amides is 1. The van der Waals surface area contributed by atoms with Gasteiger partial charge in [0.15, 0.2) is 0 Å². The van der Waals surface area contributed by atoms with Crippen molar-refractivity contribution in [3.05, 3.63) is 0 Å². The first-order chi connectivity index (χ1) is 11.6. The number of hydrogen-bond acceptors (Lipinski definition) is 4. The number of cyclic esters (lactones) is 1. The number of hydrogen-bond donors (Lipinski definition) is 1. The van der Waals surface area contributed by atoms with Gasteiger partial charge in [-0.1, -0.05) is 60.9 Å². The highest BCUT2D eigenvalue weighted by Crippen LogP contribution is 2.12. The first-order valence-corrected chi connectivity index (χ1v) is 10.3. The summed E-state index contributed by atoms with van der Waals surface area (Å²) < 4.78 is 4.77. The van der Waals surface area contributed by atoms with E-state index in [1.54, 1.807) is 0 Å². The average molecular weight is 404 g/mol. The molecule has 0 aromatic carbocycles. The van der Waals surface area contributed by atoms with Gasteiger partial charge < -0.3 is 10.1 Å². The molecule has 0 unspecified atom stereocenters. The van der Waals surface area contributed by atoms with E-state index in [0.717, 1.165) is 24.6 Å². The fraction of sp³-hybridized carbons (Fsp3) is 0.833. The maximum absolute atomic E-state index is 11.8. The molecule has 1 saturated heterocycles. The fourth-order valence-corrected chi connectivity index (χ4v) is 3.19. The van der Waals surface area contributed by atoms with E-state index in [-0.39, 0.29) is 18.1 Å². The number of Topliss-reactive ketones (excluding diaryl/α,β-unsaturated/α-hetero) is 1. The summed E-state index contributed by atoms with van der Waals surface area (Å²) >= 11 is 3.44. The van der Waals surface area contributed by atoms with Gasteiger partial charge in [0.05, 0.1) is 13.0 Å². The van der Waals surface area contributed by atoms with E-state index >= 15 is 0 Å². The van der Waals surface area contributed by atoms with Crippen molar-refractivity contribution < 1.29 is 19.1 Å². The Morgan fingerprint density at radius 1 is 1.00 bits per heavy atom. The number of alkyl halides is 1. The van der Waals surface area contributed by atoms with Gasteiger partial charge in [-0.2, -0.15) is 0 Å². The minimum absolute atomic E-state index is 0.0476. The molecular weight excluding hydrogens is 374 g/mol. The Morgan fingerprint density at radius 3 is 2.12 bits per heavy atom. The van der Waals surface area contributed by atoms with Crippen LogP contribution in [0.15, 0.2) is 0 Å². The van der Waals surface area contributed by atoms with Crippen molar-refractivity contribution in [1.82, 2.24) is 5.32 Å². The van der Waals surface area contributed by atoms with Gasteiger partial charge in [0, 0.05) is 18.2 Å². The number of carbonyl (C=O) groups excluding carboxylic acids is 3. The molecular formula is C18H30BrNO4. The normalized spacial score (nSPS) is 16.9. The van der Waals surface area contributed by atoms with Crippen molar-refractivity contribution in [3.8, 4) is 0 Å². The van der Waals surface area contributed by atoms with Crippen LogP contribution in [0.3, 0.4) is 0 Å². The highest BCUT2D eigenvalue weighted by atomic mass is 79.9. The van der Waals surface area contributed by atoms with Crippen molar-refractivity contribution in [2.24, 2.45) is 0 Å². The molecule has 6 heteroatoms. The molecule has 24 heavy (non-hydrogen) atoms. The van der Waals surface area contributed by atoms with Gasteiger partial charge >= 0.3 is 5.97 Å². The van der Waals surface area contributed by atoms with Crippen molar-refractivity contribution in [3.63, 3.8) is 0 Å². The molecule has 1 atom stereocenters. The zero-order valence-electron chi connectivity index (χ0n) is 14.5. The molecule has 1 N–H and O–H groups in total. The number of carbonyl (C=O) groups is 3. The second kappa shape index (κ2) is 13.4. The summed E-state index contributed by atoms with van der Waals surface area (Å²) in [5.74, 6) is -0.816. The highest BCUT2D eigenvalue weighted by Gasteiger charge is 2.28.